The van der Waals surface area contributed by atoms with Crippen LogP contribution in [-0.4, -0.2) is 0 Å². The Morgan fingerprint density at radius 1 is 0.348 bits per heavy atom. The summed E-state index contributed by atoms with van der Waals surface area (Å²) in [4.78, 5) is 0. The summed E-state index contributed by atoms with van der Waals surface area (Å²) >= 11 is 0. The first-order valence-corrected chi connectivity index (χ1v) is 6.53. The molecule has 3 rings (SSSR count). The minimum atomic E-state index is 0. The zero-order chi connectivity index (χ0) is 13.2. The number of hydrogen-bond donors (Lipinski definition) is 0. The lowest BCUT2D eigenvalue weighted by atomic mass is 10.1. The van der Waals surface area contributed by atoms with Crippen molar-refractivity contribution in [3.8, 4) is 0 Å². The van der Waals surface area contributed by atoms with Gasteiger partial charge in [0.05, 0.1) is 0 Å². The summed E-state index contributed by atoms with van der Waals surface area (Å²) in [6.07, 6.45) is 1.03. The second-order valence-corrected chi connectivity index (χ2v) is 4.30. The summed E-state index contributed by atoms with van der Waals surface area (Å²) < 4.78 is 0. The first kappa shape index (κ1) is 25.6. The van der Waals surface area contributed by atoms with Gasteiger partial charge in [-0.25, -0.2) is 0 Å². The van der Waals surface area contributed by atoms with Crippen LogP contribution in [0.25, 0.3) is 0 Å². The molecule has 0 unspecified atom stereocenters. The maximum atomic E-state index is 2.16. The van der Waals surface area contributed by atoms with Crippen molar-refractivity contribution in [2.24, 2.45) is 0 Å². The van der Waals surface area contributed by atoms with Crippen LogP contribution in [0.4, 0.5) is 0 Å². The summed E-state index contributed by atoms with van der Waals surface area (Å²) in [7, 11) is 0. The molecule has 0 aromatic heterocycles. The highest BCUT2D eigenvalue weighted by Crippen LogP contribution is 2.07. The summed E-state index contributed by atoms with van der Waals surface area (Å²) in [5, 5.41) is 0. The van der Waals surface area contributed by atoms with Crippen molar-refractivity contribution in [3.63, 3.8) is 0 Å². The van der Waals surface area contributed by atoms with Crippen molar-refractivity contribution < 1.29 is 0 Å². The van der Waals surface area contributed by atoms with Crippen molar-refractivity contribution in [2.45, 2.75) is 36.1 Å². The zero-order valence-corrected chi connectivity index (χ0v) is 10.9. The van der Waals surface area contributed by atoms with E-state index in [2.05, 4.69) is 60.7 Å². The highest BCUT2D eigenvalue weighted by molar-refractivity contribution is 5.25. The minimum absolute atomic E-state index is 0. The Balaban J connectivity index is -0.000000351. The summed E-state index contributed by atoms with van der Waals surface area (Å²) in [6, 6.07) is 33.1. The Bertz CT molecular complexity index is 477. The molecular formula is C23H34. The van der Waals surface area contributed by atoms with Crippen molar-refractivity contribution >= 4 is 0 Å². The van der Waals surface area contributed by atoms with Crippen LogP contribution in [0.15, 0.2) is 97.1 Å². The van der Waals surface area contributed by atoms with Crippen LogP contribution in [0.1, 0.15) is 40.8 Å². The molecule has 0 aliphatic heterocycles. The highest BCUT2D eigenvalue weighted by Gasteiger charge is 1.92. The maximum Gasteiger partial charge on any atom is -0.00258 e. The van der Waals surface area contributed by atoms with Crippen LogP contribution in [0.2, 0.25) is 0 Å². The second-order valence-electron chi connectivity index (χ2n) is 4.30. The fraction of sp³-hybridized carbons (Fsp3) is 0.217. The van der Waals surface area contributed by atoms with E-state index in [1.807, 2.05) is 36.4 Å². The fourth-order valence-electron chi connectivity index (χ4n) is 1.81. The lowest BCUT2D eigenvalue weighted by molar-refractivity contribution is 1.19. The molecule has 0 heteroatoms. The van der Waals surface area contributed by atoms with Gasteiger partial charge in [-0.15, -0.1) is 0 Å². The molecular weight excluding hydrogens is 276 g/mol. The Morgan fingerprint density at radius 2 is 0.565 bits per heavy atom. The van der Waals surface area contributed by atoms with Gasteiger partial charge in [0.1, 0.15) is 0 Å². The van der Waals surface area contributed by atoms with Crippen LogP contribution in [-0.2, 0) is 6.42 Å². The maximum absolute atomic E-state index is 2.16. The van der Waals surface area contributed by atoms with Crippen molar-refractivity contribution in [1.82, 2.24) is 0 Å². The standard InChI is InChI=1S/C13H12.C6H6.4CH4/c1-3-7-12(8-4-1)11-13-9-5-2-6-10-13;1-2-4-6-5-3-1;;;;/h1-10H,11H2;1-6H;4*1H4. The van der Waals surface area contributed by atoms with E-state index in [1.54, 1.807) is 0 Å². The molecule has 0 aliphatic rings. The zero-order valence-electron chi connectivity index (χ0n) is 10.9. The topological polar surface area (TPSA) is 0 Å². The average Bonchev–Trinajstić information content (AvgIpc) is 2.52. The van der Waals surface area contributed by atoms with E-state index < -0.39 is 0 Å². The summed E-state index contributed by atoms with van der Waals surface area (Å²) in [5.74, 6) is 0. The molecule has 3 aromatic rings. The van der Waals surface area contributed by atoms with Crippen LogP contribution in [0.3, 0.4) is 0 Å². The smallest absolute Gasteiger partial charge is 0.00258 e. The van der Waals surface area contributed by atoms with Gasteiger partial charge in [-0.1, -0.05) is 127 Å². The van der Waals surface area contributed by atoms with Gasteiger partial charge in [-0.2, -0.15) is 0 Å². The van der Waals surface area contributed by atoms with Gasteiger partial charge < -0.3 is 0 Å². The van der Waals surface area contributed by atoms with Crippen molar-refractivity contribution in [3.05, 3.63) is 108 Å². The summed E-state index contributed by atoms with van der Waals surface area (Å²) in [5.41, 5.74) is 2.74. The Hall–Kier alpha value is -2.34. The molecule has 0 amide bonds. The SMILES string of the molecule is C.C.C.C.c1ccc(Cc2ccccc2)cc1.c1ccccc1. The van der Waals surface area contributed by atoms with Gasteiger partial charge in [0.15, 0.2) is 0 Å². The number of hydrogen-bond acceptors (Lipinski definition) is 0. The van der Waals surface area contributed by atoms with Crippen LogP contribution < -0.4 is 0 Å². The van der Waals surface area contributed by atoms with Gasteiger partial charge in [0.25, 0.3) is 0 Å². The van der Waals surface area contributed by atoms with E-state index >= 15 is 0 Å². The van der Waals surface area contributed by atoms with Gasteiger partial charge in [-0.3, -0.25) is 0 Å². The third kappa shape index (κ3) is 11.0. The summed E-state index contributed by atoms with van der Waals surface area (Å²) in [6.45, 7) is 0. The molecule has 0 aliphatic carbocycles. The minimum Gasteiger partial charge on any atom is -0.0776 e. The van der Waals surface area contributed by atoms with Gasteiger partial charge in [0.2, 0.25) is 0 Å². The van der Waals surface area contributed by atoms with Crippen LogP contribution in [0, 0.1) is 0 Å². The first-order valence-electron chi connectivity index (χ1n) is 6.53. The molecule has 126 valence electrons. The lowest BCUT2D eigenvalue weighted by Crippen LogP contribution is -1.85. The van der Waals surface area contributed by atoms with Gasteiger partial charge in [0, 0.05) is 0 Å². The van der Waals surface area contributed by atoms with E-state index in [9.17, 15) is 0 Å². The van der Waals surface area contributed by atoms with E-state index in [0.717, 1.165) is 6.42 Å². The quantitative estimate of drug-likeness (QED) is 0.459. The largest absolute Gasteiger partial charge is 0.0776 e. The molecule has 0 nitrogen and oxygen atoms in total. The van der Waals surface area contributed by atoms with E-state index in [-0.39, 0.29) is 29.7 Å². The van der Waals surface area contributed by atoms with E-state index in [0.29, 0.717) is 0 Å². The van der Waals surface area contributed by atoms with E-state index in [1.165, 1.54) is 11.1 Å². The lowest BCUT2D eigenvalue weighted by Gasteiger charge is -2.00. The normalized spacial score (nSPS) is 7.65. The predicted molar refractivity (Wildman–Crippen MR) is 109 cm³/mol. The number of rotatable bonds is 2. The third-order valence-corrected chi connectivity index (χ3v) is 2.76. The van der Waals surface area contributed by atoms with Crippen LogP contribution >= 0.6 is 0 Å². The Labute approximate surface area is 144 Å². The highest BCUT2D eigenvalue weighted by atomic mass is 14.0. The van der Waals surface area contributed by atoms with E-state index in [4.69, 9.17) is 0 Å². The molecule has 0 N–H and O–H groups in total. The molecule has 0 spiro atoms. The van der Waals surface area contributed by atoms with Crippen LogP contribution in [0.5, 0.6) is 0 Å². The van der Waals surface area contributed by atoms with Crippen molar-refractivity contribution in [2.75, 3.05) is 0 Å². The molecule has 23 heavy (non-hydrogen) atoms. The Morgan fingerprint density at radius 3 is 0.826 bits per heavy atom. The molecule has 0 saturated carbocycles. The molecule has 0 heterocycles. The van der Waals surface area contributed by atoms with Gasteiger partial charge >= 0.3 is 0 Å². The molecule has 0 bridgehead atoms. The number of benzene rings is 3. The fourth-order valence-corrected chi connectivity index (χ4v) is 1.81. The molecule has 0 radical (unpaired) electrons. The molecule has 3 aromatic carbocycles. The monoisotopic (exact) mass is 310 g/mol. The molecule has 0 fully saturated rings. The first-order chi connectivity index (χ1) is 9.45. The second kappa shape index (κ2) is 16.0. The van der Waals surface area contributed by atoms with Crippen molar-refractivity contribution in [1.29, 1.82) is 0 Å². The molecule has 0 saturated heterocycles. The molecule has 0 atom stereocenters. The predicted octanol–water partition coefficient (Wildman–Crippen LogP) is 7.51. The average molecular weight is 311 g/mol. The Kier molecular flexibility index (Phi) is 17.9. The van der Waals surface area contributed by atoms with Gasteiger partial charge in [-0.05, 0) is 17.5 Å². The third-order valence-electron chi connectivity index (χ3n) is 2.76.